The number of nitrogens with zero attached hydrogens (tertiary/aromatic N) is 2. The molecule has 1 aliphatic heterocycles. The van der Waals surface area contributed by atoms with E-state index in [0.717, 1.165) is 15.9 Å². The summed E-state index contributed by atoms with van der Waals surface area (Å²) in [5.41, 5.74) is 1.12. The standard InChI is InChI=1S/C8H8N2S2/c11-8-9-10(6-12-8)7-4-2-1-3-5-7/h1-5H,6H2,(H,9,11). The van der Waals surface area contributed by atoms with Gasteiger partial charge in [0.05, 0.1) is 11.6 Å². The van der Waals surface area contributed by atoms with E-state index in [-0.39, 0.29) is 0 Å². The monoisotopic (exact) mass is 196 g/mol. The maximum Gasteiger partial charge on any atom is 0.149 e. The Morgan fingerprint density at radius 2 is 2.08 bits per heavy atom. The molecule has 0 spiro atoms. The van der Waals surface area contributed by atoms with E-state index in [1.807, 2.05) is 35.3 Å². The molecular formula is C8H8N2S2. The molecule has 1 aromatic rings. The topological polar surface area (TPSA) is 15.6 Å². The molecule has 0 amide bonds. The van der Waals surface area contributed by atoms with Gasteiger partial charge in [-0.25, -0.2) is 0 Å². The highest BCUT2D eigenvalue weighted by atomic mass is 32.2. The third-order valence-corrected chi connectivity index (χ3v) is 2.77. The second kappa shape index (κ2) is 3.41. The molecule has 1 aliphatic rings. The Morgan fingerprint density at radius 3 is 2.67 bits per heavy atom. The number of thioether (sulfide) groups is 1. The third kappa shape index (κ3) is 1.59. The van der Waals surface area contributed by atoms with Crippen molar-refractivity contribution in [1.29, 1.82) is 0 Å². The molecule has 0 aromatic heterocycles. The van der Waals surface area contributed by atoms with E-state index in [4.69, 9.17) is 0 Å². The van der Waals surface area contributed by atoms with Crippen LogP contribution in [0.3, 0.4) is 0 Å². The molecular weight excluding hydrogens is 188 g/mol. The lowest BCUT2D eigenvalue weighted by atomic mass is 10.3. The smallest absolute Gasteiger partial charge is 0.149 e. The summed E-state index contributed by atoms with van der Waals surface area (Å²) in [7, 11) is 0. The third-order valence-electron chi connectivity index (χ3n) is 1.58. The molecule has 0 N–H and O–H groups in total. The van der Waals surface area contributed by atoms with Crippen molar-refractivity contribution < 1.29 is 0 Å². The van der Waals surface area contributed by atoms with Crippen molar-refractivity contribution >= 4 is 34.5 Å². The number of hydrogen-bond acceptors (Lipinski definition) is 3. The molecule has 0 saturated heterocycles. The van der Waals surface area contributed by atoms with Crippen LogP contribution in [-0.2, 0) is 0 Å². The fraction of sp³-hybridized carbons (Fsp3) is 0.125. The molecule has 0 radical (unpaired) electrons. The van der Waals surface area contributed by atoms with Crippen molar-refractivity contribution in [3.05, 3.63) is 30.3 Å². The first-order valence-electron chi connectivity index (χ1n) is 3.59. The molecule has 0 aliphatic carbocycles. The summed E-state index contributed by atoms with van der Waals surface area (Å²) in [5.74, 6) is 0.864. The molecule has 0 unspecified atom stereocenters. The predicted molar refractivity (Wildman–Crippen MR) is 57.8 cm³/mol. The fourth-order valence-electron chi connectivity index (χ4n) is 1.01. The lowest BCUT2D eigenvalue weighted by Crippen LogP contribution is -2.09. The lowest BCUT2D eigenvalue weighted by molar-refractivity contribution is 1.01. The summed E-state index contributed by atoms with van der Waals surface area (Å²) in [6, 6.07) is 10.1. The SMILES string of the molecule is SC1=NN(c2ccccc2)CS1. The van der Waals surface area contributed by atoms with Crippen LogP contribution in [0, 0.1) is 0 Å². The van der Waals surface area contributed by atoms with Crippen LogP contribution >= 0.6 is 24.4 Å². The van der Waals surface area contributed by atoms with Gasteiger partial charge in [-0.3, -0.25) is 5.01 Å². The van der Waals surface area contributed by atoms with E-state index >= 15 is 0 Å². The first-order valence-corrected chi connectivity index (χ1v) is 5.02. The van der Waals surface area contributed by atoms with Gasteiger partial charge in [0.1, 0.15) is 4.38 Å². The van der Waals surface area contributed by atoms with Crippen LogP contribution in [0.25, 0.3) is 0 Å². The quantitative estimate of drug-likeness (QED) is 0.694. The summed E-state index contributed by atoms with van der Waals surface area (Å²) in [4.78, 5) is 0. The van der Waals surface area contributed by atoms with Crippen molar-refractivity contribution in [2.24, 2.45) is 5.10 Å². The molecule has 2 nitrogen and oxygen atoms in total. The molecule has 0 atom stereocenters. The predicted octanol–water partition coefficient (Wildman–Crippen LogP) is 2.40. The van der Waals surface area contributed by atoms with Crippen molar-refractivity contribution in [2.75, 3.05) is 10.9 Å². The van der Waals surface area contributed by atoms with E-state index in [9.17, 15) is 0 Å². The van der Waals surface area contributed by atoms with Gasteiger partial charge in [-0.15, -0.1) is 12.6 Å². The Kier molecular flexibility index (Phi) is 2.28. The zero-order valence-corrected chi connectivity index (χ0v) is 8.05. The van der Waals surface area contributed by atoms with E-state index < -0.39 is 0 Å². The van der Waals surface area contributed by atoms with Gasteiger partial charge >= 0.3 is 0 Å². The molecule has 0 fully saturated rings. The first kappa shape index (κ1) is 8.01. The van der Waals surface area contributed by atoms with Gasteiger partial charge in [0.2, 0.25) is 0 Å². The van der Waals surface area contributed by atoms with E-state index in [0.29, 0.717) is 0 Å². The number of benzene rings is 1. The van der Waals surface area contributed by atoms with Gasteiger partial charge in [-0.2, -0.15) is 5.10 Å². The van der Waals surface area contributed by atoms with Crippen LogP contribution < -0.4 is 5.01 Å². The van der Waals surface area contributed by atoms with Crippen molar-refractivity contribution in [1.82, 2.24) is 0 Å². The normalized spacial score (nSPS) is 16.4. The van der Waals surface area contributed by atoms with Crippen molar-refractivity contribution in [3.63, 3.8) is 0 Å². The minimum atomic E-state index is 0.832. The summed E-state index contributed by atoms with van der Waals surface area (Å²) in [5, 5.41) is 6.17. The second-order valence-electron chi connectivity index (χ2n) is 2.39. The maximum absolute atomic E-state index is 4.24. The summed E-state index contributed by atoms with van der Waals surface area (Å²) in [6.07, 6.45) is 0. The highest BCUT2D eigenvalue weighted by Gasteiger charge is 2.12. The van der Waals surface area contributed by atoms with Gasteiger partial charge in [0.15, 0.2) is 0 Å². The molecule has 12 heavy (non-hydrogen) atoms. The van der Waals surface area contributed by atoms with Gasteiger partial charge in [0, 0.05) is 0 Å². The second-order valence-corrected chi connectivity index (χ2v) is 4.05. The largest absolute Gasteiger partial charge is 0.254 e. The highest BCUT2D eigenvalue weighted by Crippen LogP contribution is 2.25. The number of hydrazone groups is 1. The molecule has 62 valence electrons. The Morgan fingerprint density at radius 1 is 1.33 bits per heavy atom. The van der Waals surface area contributed by atoms with Crippen LogP contribution in [0.4, 0.5) is 5.69 Å². The van der Waals surface area contributed by atoms with Crippen molar-refractivity contribution in [2.45, 2.75) is 0 Å². The number of thiol groups is 1. The van der Waals surface area contributed by atoms with Crippen molar-refractivity contribution in [3.8, 4) is 0 Å². The molecule has 0 saturated carbocycles. The minimum absolute atomic E-state index is 0.832. The molecule has 4 heteroatoms. The van der Waals surface area contributed by atoms with Gasteiger partial charge in [-0.1, -0.05) is 30.0 Å². The summed E-state index contributed by atoms with van der Waals surface area (Å²) in [6.45, 7) is 0. The van der Waals surface area contributed by atoms with Crippen LogP contribution in [0.2, 0.25) is 0 Å². The average molecular weight is 196 g/mol. The Labute approximate surface area is 81.1 Å². The van der Waals surface area contributed by atoms with Crippen LogP contribution in [-0.4, -0.2) is 10.3 Å². The lowest BCUT2D eigenvalue weighted by Gasteiger charge is -2.11. The summed E-state index contributed by atoms with van der Waals surface area (Å²) >= 11 is 5.81. The minimum Gasteiger partial charge on any atom is -0.254 e. The highest BCUT2D eigenvalue weighted by molar-refractivity contribution is 8.32. The Balaban J connectivity index is 2.22. The molecule has 0 bridgehead atoms. The number of anilines is 1. The van der Waals surface area contributed by atoms with Crippen LogP contribution in [0.5, 0.6) is 0 Å². The van der Waals surface area contributed by atoms with E-state index in [2.05, 4.69) is 17.7 Å². The maximum atomic E-state index is 4.24. The molecule has 1 heterocycles. The number of hydrogen-bond donors (Lipinski definition) is 1. The average Bonchev–Trinajstić information content (AvgIpc) is 2.54. The number of rotatable bonds is 1. The zero-order chi connectivity index (χ0) is 8.39. The Bertz CT molecular complexity index is 297. The van der Waals surface area contributed by atoms with Crippen LogP contribution in [0.15, 0.2) is 35.4 Å². The van der Waals surface area contributed by atoms with Gasteiger partial charge in [-0.05, 0) is 12.1 Å². The molecule has 1 aromatic carbocycles. The number of para-hydroxylation sites is 1. The van der Waals surface area contributed by atoms with Gasteiger partial charge in [0.25, 0.3) is 0 Å². The fourth-order valence-corrected chi connectivity index (χ4v) is 1.89. The van der Waals surface area contributed by atoms with E-state index in [1.165, 1.54) is 0 Å². The van der Waals surface area contributed by atoms with E-state index in [1.54, 1.807) is 11.8 Å². The zero-order valence-electron chi connectivity index (χ0n) is 6.34. The van der Waals surface area contributed by atoms with Gasteiger partial charge < -0.3 is 0 Å². The first-order chi connectivity index (χ1) is 5.86. The molecule has 2 rings (SSSR count). The van der Waals surface area contributed by atoms with Crippen LogP contribution in [0.1, 0.15) is 0 Å². The Hall–Kier alpha value is -0.610. The summed E-state index contributed by atoms with van der Waals surface area (Å²) < 4.78 is 0.832.